The first-order chi connectivity index (χ1) is 9.38. The van der Waals surface area contributed by atoms with E-state index in [4.69, 9.17) is 0 Å². The first kappa shape index (κ1) is 14.3. The third kappa shape index (κ3) is 2.89. The Morgan fingerprint density at radius 2 is 1.45 bits per heavy atom. The zero-order valence-corrected chi connectivity index (χ0v) is 10.4. The van der Waals surface area contributed by atoms with Crippen LogP contribution < -0.4 is 5.32 Å². The van der Waals surface area contributed by atoms with Gasteiger partial charge in [-0.3, -0.25) is 0 Å². The van der Waals surface area contributed by atoms with Crippen LogP contribution in [0.15, 0.2) is 30.3 Å². The van der Waals surface area contributed by atoms with Gasteiger partial charge < -0.3 is 5.32 Å². The smallest absolute Gasteiger partial charge is 0.194 e. The maximum absolute atomic E-state index is 13.5. The van der Waals surface area contributed by atoms with Gasteiger partial charge in [0.15, 0.2) is 17.5 Å². The lowest BCUT2D eigenvalue weighted by atomic mass is 10.1. The highest BCUT2D eigenvalue weighted by Crippen LogP contribution is 2.24. The molecular formula is C14H10F5N. The zero-order valence-electron chi connectivity index (χ0n) is 10.4. The number of hydrogen-bond donors (Lipinski definition) is 1. The second-order valence-corrected chi connectivity index (χ2v) is 4.29. The predicted molar refractivity (Wildman–Crippen MR) is 64.7 cm³/mol. The molecule has 1 N–H and O–H groups in total. The van der Waals surface area contributed by atoms with Crippen LogP contribution in [0, 0.1) is 29.1 Å². The first-order valence-corrected chi connectivity index (χ1v) is 5.74. The van der Waals surface area contributed by atoms with Gasteiger partial charge in [0.25, 0.3) is 0 Å². The van der Waals surface area contributed by atoms with Gasteiger partial charge in [-0.1, -0.05) is 0 Å². The first-order valence-electron chi connectivity index (χ1n) is 5.74. The Balaban J connectivity index is 2.27. The molecule has 0 fully saturated rings. The second-order valence-electron chi connectivity index (χ2n) is 4.29. The summed E-state index contributed by atoms with van der Waals surface area (Å²) in [5, 5.41) is 2.58. The van der Waals surface area contributed by atoms with E-state index in [1.807, 2.05) is 0 Å². The van der Waals surface area contributed by atoms with Gasteiger partial charge in [-0.05, 0) is 25.1 Å². The molecule has 1 atom stereocenters. The average molecular weight is 287 g/mol. The molecule has 106 valence electrons. The Hall–Kier alpha value is -2.11. The molecule has 0 aromatic heterocycles. The van der Waals surface area contributed by atoms with Crippen molar-refractivity contribution < 1.29 is 22.0 Å². The van der Waals surface area contributed by atoms with Gasteiger partial charge in [-0.15, -0.1) is 0 Å². The van der Waals surface area contributed by atoms with Crippen molar-refractivity contribution in [2.45, 2.75) is 13.0 Å². The normalized spacial score (nSPS) is 12.3. The van der Waals surface area contributed by atoms with Gasteiger partial charge in [0.1, 0.15) is 11.6 Å². The predicted octanol–water partition coefficient (Wildman–Crippen LogP) is 4.56. The minimum Gasteiger partial charge on any atom is -0.378 e. The third-order valence-electron chi connectivity index (χ3n) is 2.79. The highest BCUT2D eigenvalue weighted by atomic mass is 19.2. The highest BCUT2D eigenvalue weighted by molar-refractivity contribution is 5.46. The molecule has 0 saturated heterocycles. The second kappa shape index (κ2) is 5.48. The Bertz CT molecular complexity index is 618. The molecule has 0 amide bonds. The summed E-state index contributed by atoms with van der Waals surface area (Å²) < 4.78 is 65.5. The van der Waals surface area contributed by atoms with Crippen molar-refractivity contribution in [2.24, 2.45) is 0 Å². The van der Waals surface area contributed by atoms with Crippen LogP contribution in [-0.2, 0) is 0 Å². The monoisotopic (exact) mass is 287 g/mol. The van der Waals surface area contributed by atoms with E-state index in [0.717, 1.165) is 30.3 Å². The number of rotatable bonds is 3. The molecule has 0 spiro atoms. The van der Waals surface area contributed by atoms with E-state index in [-0.39, 0.29) is 11.3 Å². The summed E-state index contributed by atoms with van der Waals surface area (Å²) in [5.74, 6) is -5.60. The molecule has 0 saturated carbocycles. The van der Waals surface area contributed by atoms with Crippen LogP contribution in [0.4, 0.5) is 27.6 Å². The molecule has 0 radical (unpaired) electrons. The lowest BCUT2D eigenvalue weighted by Gasteiger charge is -2.16. The largest absolute Gasteiger partial charge is 0.378 e. The topological polar surface area (TPSA) is 12.0 Å². The van der Waals surface area contributed by atoms with Gasteiger partial charge in [0.2, 0.25) is 0 Å². The van der Waals surface area contributed by atoms with Crippen LogP contribution in [0.25, 0.3) is 0 Å². The number of benzene rings is 2. The van der Waals surface area contributed by atoms with E-state index in [2.05, 4.69) is 5.32 Å². The summed E-state index contributed by atoms with van der Waals surface area (Å²) in [6, 6.07) is 3.62. The standard InChI is InChI=1S/C14H10F5N/c1-7(10-4-8(15)2-3-11(10)16)20-9-5-12(17)14(19)13(18)6-9/h2-7,20H,1H3. The van der Waals surface area contributed by atoms with Crippen molar-refractivity contribution in [3.05, 3.63) is 65.0 Å². The number of halogens is 5. The van der Waals surface area contributed by atoms with Crippen LogP contribution in [0.5, 0.6) is 0 Å². The van der Waals surface area contributed by atoms with Crippen molar-refractivity contribution in [2.75, 3.05) is 5.32 Å². The third-order valence-corrected chi connectivity index (χ3v) is 2.79. The lowest BCUT2D eigenvalue weighted by Crippen LogP contribution is -2.10. The van der Waals surface area contributed by atoms with E-state index in [0.29, 0.717) is 0 Å². The van der Waals surface area contributed by atoms with Crippen LogP contribution in [-0.4, -0.2) is 0 Å². The average Bonchev–Trinajstić information content (AvgIpc) is 2.38. The van der Waals surface area contributed by atoms with Crippen molar-refractivity contribution in [3.63, 3.8) is 0 Å². The van der Waals surface area contributed by atoms with Gasteiger partial charge in [-0.25, -0.2) is 22.0 Å². The molecule has 2 aromatic carbocycles. The molecule has 0 aliphatic rings. The minimum absolute atomic E-state index is 0.00450. The van der Waals surface area contributed by atoms with Crippen molar-refractivity contribution in [1.29, 1.82) is 0 Å². The number of anilines is 1. The van der Waals surface area contributed by atoms with E-state index < -0.39 is 35.1 Å². The summed E-state index contributed by atoms with van der Waals surface area (Å²) in [4.78, 5) is 0. The molecule has 6 heteroatoms. The molecule has 1 nitrogen and oxygen atoms in total. The van der Waals surface area contributed by atoms with E-state index in [9.17, 15) is 22.0 Å². The highest BCUT2D eigenvalue weighted by Gasteiger charge is 2.15. The minimum atomic E-state index is -1.58. The fraction of sp³-hybridized carbons (Fsp3) is 0.143. The Kier molecular flexibility index (Phi) is 3.92. The van der Waals surface area contributed by atoms with Crippen LogP contribution >= 0.6 is 0 Å². The Morgan fingerprint density at radius 3 is 2.05 bits per heavy atom. The van der Waals surface area contributed by atoms with E-state index in [1.54, 1.807) is 0 Å². The summed E-state index contributed by atoms with van der Waals surface area (Å²) in [6.07, 6.45) is 0. The molecule has 0 bridgehead atoms. The lowest BCUT2D eigenvalue weighted by molar-refractivity contribution is 0.447. The number of hydrogen-bond acceptors (Lipinski definition) is 1. The maximum Gasteiger partial charge on any atom is 0.194 e. The van der Waals surface area contributed by atoms with Crippen molar-refractivity contribution >= 4 is 5.69 Å². The fourth-order valence-corrected chi connectivity index (χ4v) is 1.81. The zero-order chi connectivity index (χ0) is 14.9. The summed E-state index contributed by atoms with van der Waals surface area (Å²) in [5.41, 5.74) is -0.0762. The van der Waals surface area contributed by atoms with Gasteiger partial charge in [-0.2, -0.15) is 0 Å². The molecule has 0 aliphatic heterocycles. The number of nitrogens with one attached hydrogen (secondary N) is 1. The summed E-state index contributed by atoms with van der Waals surface area (Å²) >= 11 is 0. The molecule has 0 aliphatic carbocycles. The van der Waals surface area contributed by atoms with Crippen LogP contribution in [0.2, 0.25) is 0 Å². The quantitative estimate of drug-likeness (QED) is 0.645. The van der Waals surface area contributed by atoms with Crippen LogP contribution in [0.1, 0.15) is 18.5 Å². The molecule has 2 aromatic rings. The molecule has 20 heavy (non-hydrogen) atoms. The van der Waals surface area contributed by atoms with Crippen molar-refractivity contribution in [3.8, 4) is 0 Å². The molecule has 2 rings (SSSR count). The molecule has 0 heterocycles. The van der Waals surface area contributed by atoms with E-state index in [1.165, 1.54) is 6.92 Å². The fourth-order valence-electron chi connectivity index (χ4n) is 1.81. The van der Waals surface area contributed by atoms with Crippen molar-refractivity contribution in [1.82, 2.24) is 0 Å². The summed E-state index contributed by atoms with van der Waals surface area (Å²) in [6.45, 7) is 1.48. The maximum atomic E-state index is 13.5. The SMILES string of the molecule is CC(Nc1cc(F)c(F)c(F)c1)c1cc(F)ccc1F. The Labute approximate surface area is 112 Å². The summed E-state index contributed by atoms with van der Waals surface area (Å²) in [7, 11) is 0. The van der Waals surface area contributed by atoms with Gasteiger partial charge in [0, 0.05) is 23.4 Å². The van der Waals surface area contributed by atoms with Crippen LogP contribution in [0.3, 0.4) is 0 Å². The van der Waals surface area contributed by atoms with Gasteiger partial charge >= 0.3 is 0 Å². The molecular weight excluding hydrogens is 277 g/mol. The van der Waals surface area contributed by atoms with E-state index >= 15 is 0 Å². The Morgan fingerprint density at radius 1 is 0.850 bits per heavy atom. The van der Waals surface area contributed by atoms with Gasteiger partial charge in [0.05, 0.1) is 6.04 Å². The molecule has 1 unspecified atom stereocenters.